The van der Waals surface area contributed by atoms with E-state index in [9.17, 15) is 12.8 Å². The second-order valence-electron chi connectivity index (χ2n) is 5.47. The van der Waals surface area contributed by atoms with E-state index in [-0.39, 0.29) is 22.1 Å². The standard InChI is InChI=1S/C14H20FNO3S/c1-9-6-13(7-12(8-17)14(9)15)20(18,19)16(3)10(2)11-4-5-11/h6-7,10-11,17H,4-5,8H2,1-3H3. The van der Waals surface area contributed by atoms with Crippen molar-refractivity contribution >= 4 is 10.0 Å². The van der Waals surface area contributed by atoms with Gasteiger partial charge in [0.2, 0.25) is 10.0 Å². The number of nitrogens with zero attached hydrogens (tertiary/aromatic N) is 1. The van der Waals surface area contributed by atoms with Crippen LogP contribution >= 0.6 is 0 Å². The van der Waals surface area contributed by atoms with Gasteiger partial charge in [-0.05, 0) is 50.3 Å². The summed E-state index contributed by atoms with van der Waals surface area (Å²) in [5, 5.41) is 9.13. The summed E-state index contributed by atoms with van der Waals surface area (Å²) in [7, 11) is -2.11. The van der Waals surface area contributed by atoms with Crippen LogP contribution in [0.2, 0.25) is 0 Å². The summed E-state index contributed by atoms with van der Waals surface area (Å²) in [6.45, 7) is 2.87. The van der Waals surface area contributed by atoms with E-state index in [1.807, 2.05) is 6.92 Å². The molecule has 1 aliphatic carbocycles. The van der Waals surface area contributed by atoms with Crippen LogP contribution in [0.5, 0.6) is 0 Å². The molecule has 20 heavy (non-hydrogen) atoms. The van der Waals surface area contributed by atoms with E-state index in [2.05, 4.69) is 0 Å². The first-order chi connectivity index (χ1) is 9.28. The number of halogens is 1. The second-order valence-corrected chi connectivity index (χ2v) is 7.47. The number of rotatable bonds is 5. The number of sulfonamides is 1. The monoisotopic (exact) mass is 301 g/mol. The van der Waals surface area contributed by atoms with Gasteiger partial charge in [-0.3, -0.25) is 0 Å². The maximum absolute atomic E-state index is 13.7. The van der Waals surface area contributed by atoms with Gasteiger partial charge in [-0.1, -0.05) is 0 Å². The van der Waals surface area contributed by atoms with Crippen LogP contribution in [0.25, 0.3) is 0 Å². The van der Waals surface area contributed by atoms with Crippen molar-refractivity contribution in [3.05, 3.63) is 29.1 Å². The summed E-state index contributed by atoms with van der Waals surface area (Å²) in [6, 6.07) is 2.47. The third-order valence-electron chi connectivity index (χ3n) is 4.03. The molecule has 1 unspecified atom stereocenters. The molecule has 0 aliphatic heterocycles. The fourth-order valence-corrected chi connectivity index (χ4v) is 3.89. The number of aliphatic hydroxyl groups excluding tert-OH is 1. The van der Waals surface area contributed by atoms with Crippen LogP contribution in [0.1, 0.15) is 30.9 Å². The Morgan fingerprint density at radius 3 is 2.55 bits per heavy atom. The van der Waals surface area contributed by atoms with Crippen molar-refractivity contribution in [2.45, 2.75) is 44.2 Å². The lowest BCUT2D eigenvalue weighted by atomic mass is 10.1. The van der Waals surface area contributed by atoms with E-state index in [1.165, 1.54) is 23.4 Å². The molecule has 112 valence electrons. The minimum absolute atomic E-state index is 0.0102. The van der Waals surface area contributed by atoms with E-state index in [0.717, 1.165) is 12.8 Å². The molecule has 1 aromatic carbocycles. The molecule has 1 aromatic rings. The zero-order chi connectivity index (χ0) is 15.1. The fraction of sp³-hybridized carbons (Fsp3) is 0.571. The lowest BCUT2D eigenvalue weighted by Crippen LogP contribution is -2.36. The SMILES string of the molecule is Cc1cc(S(=O)(=O)N(C)C(C)C2CC2)cc(CO)c1F. The number of aryl methyl sites for hydroxylation is 1. The van der Waals surface area contributed by atoms with Gasteiger partial charge in [0, 0.05) is 18.7 Å². The molecule has 1 fully saturated rings. The van der Waals surface area contributed by atoms with Crippen LogP contribution in [0.15, 0.2) is 17.0 Å². The van der Waals surface area contributed by atoms with Crippen LogP contribution < -0.4 is 0 Å². The van der Waals surface area contributed by atoms with Crippen molar-refractivity contribution in [1.82, 2.24) is 4.31 Å². The molecule has 1 N–H and O–H groups in total. The van der Waals surface area contributed by atoms with E-state index < -0.39 is 22.4 Å². The summed E-state index contributed by atoms with van der Waals surface area (Å²) in [5.41, 5.74) is 0.235. The minimum Gasteiger partial charge on any atom is -0.392 e. The van der Waals surface area contributed by atoms with Crippen molar-refractivity contribution in [1.29, 1.82) is 0 Å². The maximum atomic E-state index is 13.7. The first-order valence-corrected chi connectivity index (χ1v) is 8.11. The average molecular weight is 301 g/mol. The van der Waals surface area contributed by atoms with E-state index in [1.54, 1.807) is 7.05 Å². The Hall–Kier alpha value is -0.980. The van der Waals surface area contributed by atoms with Crippen LogP contribution in [-0.2, 0) is 16.6 Å². The molecule has 6 heteroatoms. The van der Waals surface area contributed by atoms with Gasteiger partial charge in [-0.2, -0.15) is 4.31 Å². The Morgan fingerprint density at radius 1 is 1.45 bits per heavy atom. The summed E-state index contributed by atoms with van der Waals surface area (Å²) < 4.78 is 40.2. The minimum atomic E-state index is -3.66. The van der Waals surface area contributed by atoms with Gasteiger partial charge in [0.05, 0.1) is 11.5 Å². The van der Waals surface area contributed by atoms with E-state index in [0.29, 0.717) is 5.92 Å². The molecule has 0 amide bonds. The van der Waals surface area contributed by atoms with Gasteiger partial charge in [0.25, 0.3) is 0 Å². The average Bonchev–Trinajstić information content (AvgIpc) is 3.24. The topological polar surface area (TPSA) is 57.6 Å². The molecule has 1 aliphatic rings. The quantitative estimate of drug-likeness (QED) is 0.905. The molecule has 1 saturated carbocycles. The lowest BCUT2D eigenvalue weighted by molar-refractivity contribution is 0.275. The summed E-state index contributed by atoms with van der Waals surface area (Å²) >= 11 is 0. The van der Waals surface area contributed by atoms with Gasteiger partial charge in [-0.15, -0.1) is 0 Å². The Kier molecular flexibility index (Phi) is 4.18. The molecule has 0 saturated heterocycles. The molecule has 0 radical (unpaired) electrons. The van der Waals surface area contributed by atoms with E-state index in [4.69, 9.17) is 5.11 Å². The van der Waals surface area contributed by atoms with Crippen molar-refractivity contribution in [2.24, 2.45) is 5.92 Å². The van der Waals surface area contributed by atoms with Gasteiger partial charge in [0.1, 0.15) is 5.82 Å². The Morgan fingerprint density at radius 2 is 2.05 bits per heavy atom. The zero-order valence-corrected chi connectivity index (χ0v) is 12.7. The third kappa shape index (κ3) is 2.73. The predicted molar refractivity (Wildman–Crippen MR) is 74.2 cm³/mol. The smallest absolute Gasteiger partial charge is 0.243 e. The molecule has 2 rings (SSSR count). The summed E-state index contributed by atoms with van der Waals surface area (Å²) in [4.78, 5) is 0.0375. The van der Waals surface area contributed by atoms with Gasteiger partial charge in [-0.25, -0.2) is 12.8 Å². The second kappa shape index (κ2) is 5.42. The predicted octanol–water partition coefficient (Wildman–Crippen LogP) is 2.05. The highest BCUT2D eigenvalue weighted by Gasteiger charge is 2.36. The van der Waals surface area contributed by atoms with Crippen LogP contribution in [0.3, 0.4) is 0 Å². The Bertz CT molecular complexity index is 611. The number of aliphatic hydroxyl groups is 1. The molecule has 0 spiro atoms. The first kappa shape index (κ1) is 15.4. The Balaban J connectivity index is 2.40. The van der Waals surface area contributed by atoms with Crippen LogP contribution in [0, 0.1) is 18.7 Å². The first-order valence-electron chi connectivity index (χ1n) is 6.67. The zero-order valence-electron chi connectivity index (χ0n) is 11.9. The molecule has 0 heterocycles. The van der Waals surface area contributed by atoms with Crippen LogP contribution in [-0.4, -0.2) is 30.9 Å². The summed E-state index contributed by atoms with van der Waals surface area (Å²) in [5.74, 6) is -0.141. The number of benzene rings is 1. The fourth-order valence-electron chi connectivity index (χ4n) is 2.33. The molecular weight excluding hydrogens is 281 g/mol. The Labute approximate surface area is 119 Å². The third-order valence-corrected chi connectivity index (χ3v) is 5.95. The number of hydrogen-bond donors (Lipinski definition) is 1. The number of hydrogen-bond acceptors (Lipinski definition) is 3. The molecule has 0 bridgehead atoms. The molecule has 1 atom stereocenters. The van der Waals surface area contributed by atoms with Gasteiger partial charge in [0.15, 0.2) is 0 Å². The molecule has 0 aromatic heterocycles. The van der Waals surface area contributed by atoms with Gasteiger partial charge < -0.3 is 5.11 Å². The van der Waals surface area contributed by atoms with Crippen molar-refractivity contribution in [2.75, 3.05) is 7.05 Å². The largest absolute Gasteiger partial charge is 0.392 e. The molecular formula is C14H20FNO3S. The van der Waals surface area contributed by atoms with Crippen molar-refractivity contribution in [3.8, 4) is 0 Å². The normalized spacial score (nSPS) is 17.5. The lowest BCUT2D eigenvalue weighted by Gasteiger charge is -2.24. The summed E-state index contributed by atoms with van der Waals surface area (Å²) in [6.07, 6.45) is 2.09. The van der Waals surface area contributed by atoms with Crippen LogP contribution in [0.4, 0.5) is 4.39 Å². The highest BCUT2D eigenvalue weighted by atomic mass is 32.2. The van der Waals surface area contributed by atoms with Crippen molar-refractivity contribution < 1.29 is 17.9 Å². The highest BCUT2D eigenvalue weighted by molar-refractivity contribution is 7.89. The molecule has 4 nitrogen and oxygen atoms in total. The van der Waals surface area contributed by atoms with Gasteiger partial charge >= 0.3 is 0 Å². The maximum Gasteiger partial charge on any atom is 0.243 e. The van der Waals surface area contributed by atoms with Crippen molar-refractivity contribution in [3.63, 3.8) is 0 Å². The van der Waals surface area contributed by atoms with E-state index >= 15 is 0 Å². The highest BCUT2D eigenvalue weighted by Crippen LogP contribution is 2.36.